The van der Waals surface area contributed by atoms with Crippen LogP contribution in [0.15, 0.2) is 47.1 Å². The predicted molar refractivity (Wildman–Crippen MR) is 60.4 cm³/mol. The molecule has 0 saturated heterocycles. The Morgan fingerprint density at radius 3 is 1.87 bits per heavy atom. The molecule has 0 N–H and O–H groups in total. The van der Waals surface area contributed by atoms with E-state index in [1.54, 1.807) is 32.9 Å². The smallest absolute Gasteiger partial charge is 0.193 e. The molecule has 0 radical (unpaired) electrons. The fraction of sp³-hybridized carbons (Fsp3) is 0.231. The van der Waals surface area contributed by atoms with Crippen molar-refractivity contribution in [1.82, 2.24) is 0 Å². The monoisotopic (exact) mass is 202 g/mol. The molecule has 1 aliphatic rings. The Balaban J connectivity index is 3.52. The molecule has 0 aromatic carbocycles. The number of rotatable bonds is 1. The maximum absolute atomic E-state index is 11.9. The minimum absolute atomic E-state index is 0.0832. The third-order valence-corrected chi connectivity index (χ3v) is 2.55. The van der Waals surface area contributed by atoms with Gasteiger partial charge in [-0.05, 0) is 20.8 Å². The van der Waals surface area contributed by atoms with Crippen LogP contribution in [0.25, 0.3) is 0 Å². The van der Waals surface area contributed by atoms with Crippen molar-refractivity contribution in [3.8, 4) is 0 Å². The average Bonchev–Trinajstić information content (AvgIpc) is 2.23. The summed E-state index contributed by atoms with van der Waals surface area (Å²) in [5.41, 5.74) is 1.86. The summed E-state index contributed by atoms with van der Waals surface area (Å²) in [6.07, 6.45) is 4.80. The first-order valence-corrected chi connectivity index (χ1v) is 4.84. The zero-order valence-electron chi connectivity index (χ0n) is 9.26. The number of hydrogen-bond acceptors (Lipinski definition) is 2. The van der Waals surface area contributed by atoms with Gasteiger partial charge in [-0.15, -0.1) is 0 Å². The fourth-order valence-corrected chi connectivity index (χ4v) is 1.70. The van der Waals surface area contributed by atoms with Crippen molar-refractivity contribution >= 4 is 11.6 Å². The van der Waals surface area contributed by atoms with Gasteiger partial charge in [0, 0.05) is 22.3 Å². The second-order valence-electron chi connectivity index (χ2n) is 3.31. The molecular weight excluding hydrogens is 188 g/mol. The van der Waals surface area contributed by atoms with E-state index < -0.39 is 0 Å². The summed E-state index contributed by atoms with van der Waals surface area (Å²) in [7, 11) is 0. The second kappa shape index (κ2) is 4.22. The van der Waals surface area contributed by atoms with Gasteiger partial charge in [0.1, 0.15) is 0 Å². The first-order chi connectivity index (χ1) is 7.08. The van der Waals surface area contributed by atoms with E-state index in [0.717, 1.165) is 0 Å². The molecule has 0 saturated carbocycles. The third-order valence-electron chi connectivity index (χ3n) is 2.55. The number of hydrogen-bond donors (Lipinski definition) is 0. The van der Waals surface area contributed by atoms with Crippen LogP contribution in [-0.2, 0) is 9.59 Å². The number of Topliss-reactive ketones (excluding diaryl/α,β-unsaturated/α-hetero) is 2. The van der Waals surface area contributed by atoms with Gasteiger partial charge in [-0.1, -0.05) is 24.8 Å². The van der Waals surface area contributed by atoms with Gasteiger partial charge in [0.15, 0.2) is 11.6 Å². The summed E-state index contributed by atoms with van der Waals surface area (Å²) in [5, 5.41) is 0. The van der Waals surface area contributed by atoms with Crippen molar-refractivity contribution in [1.29, 1.82) is 0 Å². The number of allylic oxidation sites excluding steroid dienone is 7. The number of carbonyl (C=O) groups is 2. The molecule has 0 bridgehead atoms. The van der Waals surface area contributed by atoms with E-state index in [9.17, 15) is 9.59 Å². The van der Waals surface area contributed by atoms with E-state index in [-0.39, 0.29) is 11.6 Å². The van der Waals surface area contributed by atoms with Crippen molar-refractivity contribution in [2.45, 2.75) is 20.8 Å². The average molecular weight is 202 g/mol. The molecule has 0 aromatic heterocycles. The summed E-state index contributed by atoms with van der Waals surface area (Å²) in [5.74, 6) is -0.196. The van der Waals surface area contributed by atoms with Gasteiger partial charge in [0.25, 0.3) is 0 Å². The van der Waals surface area contributed by atoms with E-state index >= 15 is 0 Å². The van der Waals surface area contributed by atoms with E-state index in [4.69, 9.17) is 0 Å². The fourth-order valence-electron chi connectivity index (χ4n) is 1.70. The standard InChI is InChI=1S/C13H14O2/c1-5-9-8(4)12(14)10(6-2)11(7-3)13(9)15/h5-7H,1H2,2-4H3/b10-6+,11-7+. The lowest BCUT2D eigenvalue weighted by atomic mass is 9.82. The summed E-state index contributed by atoms with van der Waals surface area (Å²) >= 11 is 0. The predicted octanol–water partition coefficient (Wildman–Crippen LogP) is 2.53. The molecular formula is C13H14O2. The van der Waals surface area contributed by atoms with Crippen LogP contribution in [0.1, 0.15) is 20.8 Å². The Morgan fingerprint density at radius 1 is 1.00 bits per heavy atom. The highest BCUT2D eigenvalue weighted by Crippen LogP contribution is 2.28. The summed E-state index contributed by atoms with van der Waals surface area (Å²) in [4.78, 5) is 23.8. The Kier molecular flexibility index (Phi) is 3.20. The number of ketones is 2. The van der Waals surface area contributed by atoms with E-state index in [2.05, 4.69) is 6.58 Å². The zero-order valence-corrected chi connectivity index (χ0v) is 9.26. The van der Waals surface area contributed by atoms with Crippen molar-refractivity contribution in [3.05, 3.63) is 47.1 Å². The molecule has 2 nitrogen and oxygen atoms in total. The summed E-state index contributed by atoms with van der Waals surface area (Å²) in [6.45, 7) is 8.74. The van der Waals surface area contributed by atoms with Gasteiger partial charge in [-0.2, -0.15) is 0 Å². The highest BCUT2D eigenvalue weighted by atomic mass is 16.1. The molecule has 15 heavy (non-hydrogen) atoms. The Morgan fingerprint density at radius 2 is 1.47 bits per heavy atom. The van der Waals surface area contributed by atoms with Crippen LogP contribution in [-0.4, -0.2) is 11.6 Å². The van der Waals surface area contributed by atoms with Gasteiger partial charge < -0.3 is 0 Å². The van der Waals surface area contributed by atoms with Gasteiger partial charge in [-0.3, -0.25) is 9.59 Å². The van der Waals surface area contributed by atoms with Crippen molar-refractivity contribution in [2.75, 3.05) is 0 Å². The second-order valence-corrected chi connectivity index (χ2v) is 3.31. The molecule has 0 fully saturated rings. The first-order valence-electron chi connectivity index (χ1n) is 4.84. The topological polar surface area (TPSA) is 34.1 Å². The molecule has 2 heteroatoms. The molecule has 0 amide bonds. The molecule has 0 atom stereocenters. The van der Waals surface area contributed by atoms with Crippen molar-refractivity contribution in [2.24, 2.45) is 0 Å². The summed E-state index contributed by atoms with van der Waals surface area (Å²) in [6, 6.07) is 0. The van der Waals surface area contributed by atoms with E-state index in [0.29, 0.717) is 22.3 Å². The van der Waals surface area contributed by atoms with Gasteiger partial charge in [0.2, 0.25) is 0 Å². The molecule has 0 aliphatic heterocycles. The van der Waals surface area contributed by atoms with Crippen LogP contribution in [0.5, 0.6) is 0 Å². The minimum atomic E-state index is -0.113. The highest BCUT2D eigenvalue weighted by molar-refractivity contribution is 6.30. The Bertz CT molecular complexity index is 431. The maximum atomic E-state index is 11.9. The quantitative estimate of drug-likeness (QED) is 0.612. The normalized spacial score (nSPS) is 22.9. The molecule has 0 heterocycles. The lowest BCUT2D eigenvalue weighted by molar-refractivity contribution is -0.116. The maximum Gasteiger partial charge on any atom is 0.193 e. The molecule has 1 rings (SSSR count). The van der Waals surface area contributed by atoms with Gasteiger partial charge in [-0.25, -0.2) is 0 Å². The van der Waals surface area contributed by atoms with Crippen LogP contribution >= 0.6 is 0 Å². The Hall–Kier alpha value is -1.70. The van der Waals surface area contributed by atoms with Crippen LogP contribution in [0.2, 0.25) is 0 Å². The third kappa shape index (κ3) is 1.63. The summed E-state index contributed by atoms with van der Waals surface area (Å²) < 4.78 is 0. The minimum Gasteiger partial charge on any atom is -0.289 e. The van der Waals surface area contributed by atoms with Crippen LogP contribution < -0.4 is 0 Å². The molecule has 0 unspecified atom stereocenters. The van der Waals surface area contributed by atoms with E-state index in [1.165, 1.54) is 6.08 Å². The SMILES string of the molecule is C=CC1=C(C)C(=O)C(=C/C)/C(=C\C)C1=O. The van der Waals surface area contributed by atoms with Gasteiger partial charge in [0.05, 0.1) is 0 Å². The van der Waals surface area contributed by atoms with E-state index in [1.807, 2.05) is 0 Å². The molecule has 78 valence electrons. The lowest BCUT2D eigenvalue weighted by Gasteiger charge is -2.18. The van der Waals surface area contributed by atoms with Crippen LogP contribution in [0, 0.1) is 0 Å². The first kappa shape index (κ1) is 11.4. The Labute approximate surface area is 89.7 Å². The molecule has 0 aromatic rings. The zero-order chi connectivity index (χ0) is 11.6. The van der Waals surface area contributed by atoms with Crippen molar-refractivity contribution in [3.63, 3.8) is 0 Å². The highest BCUT2D eigenvalue weighted by Gasteiger charge is 2.29. The van der Waals surface area contributed by atoms with Crippen LogP contribution in [0.4, 0.5) is 0 Å². The number of carbonyl (C=O) groups excluding carboxylic acids is 2. The largest absolute Gasteiger partial charge is 0.289 e. The molecule has 1 aliphatic carbocycles. The lowest BCUT2D eigenvalue weighted by Crippen LogP contribution is -2.22. The van der Waals surface area contributed by atoms with Crippen molar-refractivity contribution < 1.29 is 9.59 Å². The van der Waals surface area contributed by atoms with Gasteiger partial charge >= 0.3 is 0 Å². The van der Waals surface area contributed by atoms with Crippen LogP contribution in [0.3, 0.4) is 0 Å². The molecule has 0 spiro atoms.